The number of aryl methyl sites for hydroxylation is 1. The van der Waals surface area contributed by atoms with Gasteiger partial charge in [0, 0.05) is 0 Å². The fourth-order valence-corrected chi connectivity index (χ4v) is 4.68. The largest absolute Gasteiger partial charge is 0.349 e. The van der Waals surface area contributed by atoms with Gasteiger partial charge in [0.2, 0.25) is 11.1 Å². The van der Waals surface area contributed by atoms with E-state index >= 15 is 0 Å². The average molecular weight is 357 g/mol. The van der Waals surface area contributed by atoms with Crippen LogP contribution in [0.2, 0.25) is 0 Å². The fraction of sp³-hybridized carbons (Fsp3) is 0.556. The molecule has 0 unspecified atom stereocenters. The highest BCUT2D eigenvalue weighted by atomic mass is 32.2. The first kappa shape index (κ1) is 16.6. The van der Waals surface area contributed by atoms with Crippen molar-refractivity contribution in [2.24, 2.45) is 0 Å². The van der Waals surface area contributed by atoms with Crippen molar-refractivity contribution < 1.29 is 4.79 Å². The van der Waals surface area contributed by atoms with E-state index in [9.17, 15) is 4.79 Å². The van der Waals surface area contributed by atoms with Crippen molar-refractivity contribution in [1.82, 2.24) is 25.5 Å². The first-order valence-electron chi connectivity index (χ1n) is 9.09. The van der Waals surface area contributed by atoms with Crippen LogP contribution in [0.15, 0.2) is 29.4 Å². The lowest BCUT2D eigenvalue weighted by molar-refractivity contribution is -0.119. The zero-order valence-corrected chi connectivity index (χ0v) is 15.0. The van der Waals surface area contributed by atoms with Gasteiger partial charge in [0.15, 0.2) is 0 Å². The van der Waals surface area contributed by atoms with Gasteiger partial charge in [-0.1, -0.05) is 48.9 Å². The van der Waals surface area contributed by atoms with Gasteiger partial charge in [-0.15, -0.1) is 5.10 Å². The molecule has 0 aliphatic heterocycles. The molecule has 1 amide bonds. The monoisotopic (exact) mass is 357 g/mol. The van der Waals surface area contributed by atoms with Crippen LogP contribution in [0.4, 0.5) is 0 Å². The Kier molecular flexibility index (Phi) is 5.01. The maximum absolute atomic E-state index is 12.4. The third-order valence-electron chi connectivity index (χ3n) is 5.17. The van der Waals surface area contributed by atoms with Crippen LogP contribution in [-0.2, 0) is 11.2 Å². The number of hydrogen-bond donors (Lipinski definition) is 1. The van der Waals surface area contributed by atoms with Gasteiger partial charge in [0.1, 0.15) is 0 Å². The molecule has 1 N–H and O–H groups in total. The van der Waals surface area contributed by atoms with Gasteiger partial charge in [-0.2, -0.15) is 0 Å². The molecule has 25 heavy (non-hydrogen) atoms. The molecule has 4 rings (SSSR count). The molecule has 1 aromatic heterocycles. The number of thioether (sulfide) groups is 1. The number of hydrogen-bond acceptors (Lipinski definition) is 5. The van der Waals surface area contributed by atoms with E-state index in [1.807, 2.05) is 10.7 Å². The van der Waals surface area contributed by atoms with E-state index in [4.69, 9.17) is 0 Å². The Labute approximate surface area is 151 Å². The van der Waals surface area contributed by atoms with Crippen LogP contribution in [-0.4, -0.2) is 31.9 Å². The van der Waals surface area contributed by atoms with Crippen LogP contribution in [0, 0.1) is 0 Å². The molecule has 0 saturated heterocycles. The van der Waals surface area contributed by atoms with Crippen molar-refractivity contribution in [3.05, 3.63) is 35.4 Å². The van der Waals surface area contributed by atoms with Crippen molar-refractivity contribution in [1.29, 1.82) is 0 Å². The summed E-state index contributed by atoms with van der Waals surface area (Å²) < 4.78 is 1.90. The van der Waals surface area contributed by atoms with Gasteiger partial charge < -0.3 is 5.32 Å². The quantitative estimate of drug-likeness (QED) is 0.833. The van der Waals surface area contributed by atoms with Crippen LogP contribution >= 0.6 is 11.8 Å². The number of nitrogens with zero attached hydrogens (tertiary/aromatic N) is 4. The lowest BCUT2D eigenvalue weighted by atomic mass is 9.88. The topological polar surface area (TPSA) is 72.7 Å². The van der Waals surface area contributed by atoms with Crippen LogP contribution in [0.1, 0.15) is 61.7 Å². The summed E-state index contributed by atoms with van der Waals surface area (Å²) in [4.78, 5) is 12.4. The number of carbonyl (C=O) groups is 1. The molecule has 1 fully saturated rings. The molecule has 132 valence electrons. The first-order valence-corrected chi connectivity index (χ1v) is 10.1. The Morgan fingerprint density at radius 1 is 1.20 bits per heavy atom. The van der Waals surface area contributed by atoms with Gasteiger partial charge in [-0.05, 0) is 53.7 Å². The second-order valence-electron chi connectivity index (χ2n) is 6.84. The van der Waals surface area contributed by atoms with Crippen molar-refractivity contribution in [2.45, 2.75) is 62.2 Å². The lowest BCUT2D eigenvalue weighted by Gasteiger charge is -2.26. The van der Waals surface area contributed by atoms with Crippen molar-refractivity contribution in [2.75, 3.05) is 5.75 Å². The lowest BCUT2D eigenvalue weighted by Crippen LogP contribution is -2.32. The summed E-state index contributed by atoms with van der Waals surface area (Å²) in [6.45, 7) is 0. The Morgan fingerprint density at radius 3 is 2.92 bits per heavy atom. The molecule has 2 aliphatic rings. The standard InChI is InChI=1S/C18H23N5OS/c24-17(19-16-11-5-7-13-6-1-4-10-15(13)16)12-25-18-20-21-22-23(18)14-8-2-3-9-14/h1,4,6,10,14,16H,2-3,5,7-9,11-12H2,(H,19,24)/t16-/m1/s1. The van der Waals surface area contributed by atoms with Crippen molar-refractivity contribution >= 4 is 17.7 Å². The van der Waals surface area contributed by atoms with Gasteiger partial charge in [0.05, 0.1) is 17.8 Å². The van der Waals surface area contributed by atoms with E-state index < -0.39 is 0 Å². The van der Waals surface area contributed by atoms with Crippen molar-refractivity contribution in [3.8, 4) is 0 Å². The van der Waals surface area contributed by atoms with Gasteiger partial charge >= 0.3 is 0 Å². The van der Waals surface area contributed by atoms with Gasteiger partial charge in [0.25, 0.3) is 0 Å². The van der Waals surface area contributed by atoms with E-state index in [-0.39, 0.29) is 11.9 Å². The highest BCUT2D eigenvalue weighted by Crippen LogP contribution is 2.32. The molecule has 0 radical (unpaired) electrons. The number of amides is 1. The van der Waals surface area contributed by atoms with Crippen LogP contribution in [0.3, 0.4) is 0 Å². The summed E-state index contributed by atoms with van der Waals surface area (Å²) >= 11 is 1.43. The van der Waals surface area contributed by atoms with E-state index in [0.717, 1.165) is 37.3 Å². The molecule has 1 saturated carbocycles. The predicted molar refractivity (Wildman–Crippen MR) is 96.3 cm³/mol. The SMILES string of the molecule is O=C(CSc1nnnn1C1CCCC1)N[C@@H]1CCCc2ccccc21. The Hall–Kier alpha value is -1.89. The highest BCUT2D eigenvalue weighted by molar-refractivity contribution is 7.99. The number of tetrazole rings is 1. The summed E-state index contributed by atoms with van der Waals surface area (Å²) in [5.41, 5.74) is 2.62. The van der Waals surface area contributed by atoms with E-state index in [0.29, 0.717) is 11.8 Å². The second kappa shape index (κ2) is 7.56. The summed E-state index contributed by atoms with van der Waals surface area (Å²) in [7, 11) is 0. The zero-order chi connectivity index (χ0) is 17.1. The Morgan fingerprint density at radius 2 is 2.04 bits per heavy atom. The van der Waals surface area contributed by atoms with Crippen molar-refractivity contribution in [3.63, 3.8) is 0 Å². The molecular formula is C18H23N5OS. The predicted octanol–water partition coefficient (Wildman–Crippen LogP) is 3.07. The van der Waals surface area contributed by atoms with Crippen LogP contribution in [0.5, 0.6) is 0 Å². The minimum Gasteiger partial charge on any atom is -0.349 e. The van der Waals surface area contributed by atoms with E-state index in [1.54, 1.807) is 0 Å². The summed E-state index contributed by atoms with van der Waals surface area (Å²) in [5.74, 6) is 0.402. The first-order chi connectivity index (χ1) is 12.3. The van der Waals surface area contributed by atoms with E-state index in [2.05, 4.69) is 39.0 Å². The van der Waals surface area contributed by atoms with Crippen LogP contribution < -0.4 is 5.32 Å². The normalized spacial score (nSPS) is 20.4. The molecule has 0 bridgehead atoms. The molecule has 6 nitrogen and oxygen atoms in total. The number of rotatable bonds is 5. The number of fused-ring (bicyclic) bond motifs is 1. The van der Waals surface area contributed by atoms with Gasteiger partial charge in [-0.25, -0.2) is 4.68 Å². The summed E-state index contributed by atoms with van der Waals surface area (Å²) in [5, 5.41) is 16.0. The minimum absolute atomic E-state index is 0.0488. The second-order valence-corrected chi connectivity index (χ2v) is 7.79. The fourth-order valence-electron chi connectivity index (χ4n) is 3.93. The molecular weight excluding hydrogens is 334 g/mol. The summed E-state index contributed by atoms with van der Waals surface area (Å²) in [6.07, 6.45) is 7.95. The third kappa shape index (κ3) is 3.71. The smallest absolute Gasteiger partial charge is 0.230 e. The molecule has 2 aliphatic carbocycles. The van der Waals surface area contributed by atoms with Crippen LogP contribution in [0.25, 0.3) is 0 Å². The van der Waals surface area contributed by atoms with Gasteiger partial charge in [-0.3, -0.25) is 4.79 Å². The zero-order valence-electron chi connectivity index (χ0n) is 14.2. The Bertz CT molecular complexity index is 741. The molecule has 1 atom stereocenters. The maximum Gasteiger partial charge on any atom is 0.230 e. The molecule has 1 aromatic carbocycles. The number of aromatic nitrogens is 4. The molecule has 0 spiro atoms. The third-order valence-corrected chi connectivity index (χ3v) is 6.10. The minimum atomic E-state index is 0.0488. The molecule has 7 heteroatoms. The maximum atomic E-state index is 12.4. The highest BCUT2D eigenvalue weighted by Gasteiger charge is 2.24. The Balaban J connectivity index is 1.35. The number of carbonyl (C=O) groups excluding carboxylic acids is 1. The summed E-state index contributed by atoms with van der Waals surface area (Å²) in [6, 6.07) is 8.94. The molecule has 1 heterocycles. The van der Waals surface area contributed by atoms with E-state index in [1.165, 1.54) is 35.7 Å². The average Bonchev–Trinajstić information content (AvgIpc) is 3.31. The number of benzene rings is 1. The number of nitrogens with one attached hydrogen (secondary N) is 1. The molecule has 2 aromatic rings.